The molecule has 1 saturated carbocycles. The molecule has 4 N–H and O–H groups in total. The molecule has 1 heterocycles. The molecule has 20 heavy (non-hydrogen) atoms. The van der Waals surface area contributed by atoms with Crippen molar-refractivity contribution in [2.45, 2.75) is 58.1 Å². The number of hydrogen-bond acceptors (Lipinski definition) is 4. The van der Waals surface area contributed by atoms with Crippen LogP contribution in [0.25, 0.3) is 0 Å². The summed E-state index contributed by atoms with van der Waals surface area (Å²) in [5, 5.41) is 0. The number of anilines is 1. The van der Waals surface area contributed by atoms with Gasteiger partial charge in [0.1, 0.15) is 5.82 Å². The van der Waals surface area contributed by atoms with Crippen LogP contribution in [0.5, 0.6) is 0 Å². The van der Waals surface area contributed by atoms with Crippen LogP contribution in [-0.4, -0.2) is 17.2 Å². The molecule has 0 aromatic carbocycles. The van der Waals surface area contributed by atoms with Gasteiger partial charge in [0.2, 0.25) is 0 Å². The van der Waals surface area contributed by atoms with Crippen LogP contribution in [0.1, 0.15) is 56.7 Å². The molecule has 1 aliphatic carbocycles. The zero-order valence-electron chi connectivity index (χ0n) is 12.9. The Morgan fingerprint density at radius 2 is 2.30 bits per heavy atom. The van der Waals surface area contributed by atoms with Gasteiger partial charge in [0.05, 0.1) is 11.6 Å². The molecule has 0 aliphatic heterocycles. The molecule has 4 nitrogen and oxygen atoms in total. The van der Waals surface area contributed by atoms with Crippen molar-refractivity contribution in [2.75, 3.05) is 12.3 Å². The van der Waals surface area contributed by atoms with Crippen LogP contribution in [0.3, 0.4) is 0 Å². The third kappa shape index (κ3) is 2.96. The molecule has 0 bridgehead atoms. The molecule has 0 spiro atoms. The second-order valence-electron chi connectivity index (χ2n) is 6.16. The van der Waals surface area contributed by atoms with Gasteiger partial charge in [0, 0.05) is 18.4 Å². The first-order valence-electron chi connectivity index (χ1n) is 7.60. The maximum absolute atomic E-state index is 6.58. The Morgan fingerprint density at radius 3 is 2.95 bits per heavy atom. The molecule has 0 radical (unpaired) electrons. The predicted octanol–water partition coefficient (Wildman–Crippen LogP) is 2.96. The molecule has 0 saturated heterocycles. The normalized spacial score (nSPS) is 28.3. The second-order valence-corrected chi connectivity index (χ2v) is 6.16. The lowest BCUT2D eigenvalue weighted by Gasteiger charge is -2.44. The summed E-state index contributed by atoms with van der Waals surface area (Å²) in [6.45, 7) is 7.00. The monoisotopic (exact) mass is 277 g/mol. The topological polar surface area (TPSA) is 74.2 Å². The van der Waals surface area contributed by atoms with Crippen molar-refractivity contribution in [1.29, 1.82) is 0 Å². The van der Waals surface area contributed by atoms with Crippen LogP contribution >= 0.6 is 0 Å². The minimum absolute atomic E-state index is 0.211. The Balaban J connectivity index is 2.35. The molecule has 4 heteroatoms. The summed E-state index contributed by atoms with van der Waals surface area (Å²) in [5.41, 5.74) is 14.3. The smallest absolute Gasteiger partial charge is 0.128 e. The van der Waals surface area contributed by atoms with Gasteiger partial charge in [-0.05, 0) is 44.2 Å². The highest BCUT2D eigenvalue weighted by molar-refractivity contribution is 5.44. The number of nitrogens with zero attached hydrogens (tertiary/aromatic N) is 1. The zero-order valence-corrected chi connectivity index (χ0v) is 12.9. The lowest BCUT2D eigenvalue weighted by atomic mass is 9.73. The van der Waals surface area contributed by atoms with Crippen molar-refractivity contribution in [3.05, 3.63) is 23.4 Å². The lowest BCUT2D eigenvalue weighted by molar-refractivity contribution is -0.0937. The maximum Gasteiger partial charge on any atom is 0.128 e. The van der Waals surface area contributed by atoms with E-state index in [1.54, 1.807) is 6.20 Å². The molecule has 3 unspecified atom stereocenters. The fourth-order valence-corrected chi connectivity index (χ4v) is 3.47. The second kappa shape index (κ2) is 6.10. The van der Waals surface area contributed by atoms with Crippen molar-refractivity contribution in [3.63, 3.8) is 0 Å². The molecular weight excluding hydrogens is 250 g/mol. The van der Waals surface area contributed by atoms with Crippen LogP contribution in [0.4, 0.5) is 5.82 Å². The molecule has 0 amide bonds. The SMILES string of the molecule is CCOC1(C(N)c2cc(C)cnc2N)CCCC(C)C1. The Morgan fingerprint density at radius 1 is 1.55 bits per heavy atom. The fourth-order valence-electron chi connectivity index (χ4n) is 3.47. The summed E-state index contributed by atoms with van der Waals surface area (Å²) in [6, 6.07) is 1.84. The summed E-state index contributed by atoms with van der Waals surface area (Å²) in [5.74, 6) is 1.17. The fraction of sp³-hybridized carbons (Fsp3) is 0.688. The van der Waals surface area contributed by atoms with E-state index < -0.39 is 0 Å². The summed E-state index contributed by atoms with van der Waals surface area (Å²) in [4.78, 5) is 4.25. The molecule has 1 aromatic heterocycles. The van der Waals surface area contributed by atoms with Gasteiger partial charge in [-0.3, -0.25) is 0 Å². The van der Waals surface area contributed by atoms with E-state index in [1.807, 2.05) is 19.9 Å². The largest absolute Gasteiger partial charge is 0.383 e. The van der Waals surface area contributed by atoms with Crippen LogP contribution < -0.4 is 11.5 Å². The van der Waals surface area contributed by atoms with E-state index in [-0.39, 0.29) is 11.6 Å². The molecule has 1 fully saturated rings. The van der Waals surface area contributed by atoms with E-state index in [0.717, 1.165) is 30.4 Å². The highest BCUT2D eigenvalue weighted by atomic mass is 16.5. The number of nitrogen functional groups attached to an aromatic ring is 1. The van der Waals surface area contributed by atoms with Gasteiger partial charge >= 0.3 is 0 Å². The number of aryl methyl sites for hydroxylation is 1. The average molecular weight is 277 g/mol. The highest BCUT2D eigenvalue weighted by Gasteiger charge is 2.42. The predicted molar refractivity (Wildman–Crippen MR) is 82.3 cm³/mol. The van der Waals surface area contributed by atoms with Gasteiger partial charge in [0.25, 0.3) is 0 Å². The lowest BCUT2D eigenvalue weighted by Crippen LogP contribution is -2.47. The molecule has 2 rings (SSSR count). The highest BCUT2D eigenvalue weighted by Crippen LogP contribution is 2.43. The third-order valence-corrected chi connectivity index (χ3v) is 4.41. The molecular formula is C16H27N3O. The van der Waals surface area contributed by atoms with E-state index in [2.05, 4.69) is 11.9 Å². The first-order valence-corrected chi connectivity index (χ1v) is 7.60. The van der Waals surface area contributed by atoms with Gasteiger partial charge in [-0.2, -0.15) is 0 Å². The van der Waals surface area contributed by atoms with Crippen LogP contribution in [0.2, 0.25) is 0 Å². The van der Waals surface area contributed by atoms with Crippen molar-refractivity contribution < 1.29 is 4.74 Å². The first-order chi connectivity index (χ1) is 9.48. The van der Waals surface area contributed by atoms with Gasteiger partial charge < -0.3 is 16.2 Å². The number of nitrogens with two attached hydrogens (primary N) is 2. The Hall–Kier alpha value is -1.13. The van der Waals surface area contributed by atoms with Gasteiger partial charge in [-0.1, -0.05) is 19.8 Å². The van der Waals surface area contributed by atoms with E-state index in [0.29, 0.717) is 18.3 Å². The molecule has 3 atom stereocenters. The Bertz CT molecular complexity index is 459. The number of ether oxygens (including phenoxy) is 1. The van der Waals surface area contributed by atoms with E-state index in [9.17, 15) is 0 Å². The number of pyridine rings is 1. The van der Waals surface area contributed by atoms with Crippen LogP contribution in [0.15, 0.2) is 12.3 Å². The van der Waals surface area contributed by atoms with Crippen molar-refractivity contribution in [2.24, 2.45) is 11.7 Å². The summed E-state index contributed by atoms with van der Waals surface area (Å²) in [6.07, 6.45) is 6.19. The molecule has 1 aromatic rings. The first kappa shape index (κ1) is 15.3. The standard InChI is InChI=1S/C16H27N3O/c1-4-20-16(7-5-6-11(2)9-16)14(17)13-8-12(3)10-19-15(13)18/h8,10-11,14H,4-7,9,17H2,1-3H3,(H2,18,19). The Kier molecular flexibility index (Phi) is 4.66. The van der Waals surface area contributed by atoms with Crippen molar-refractivity contribution in [1.82, 2.24) is 4.98 Å². The minimum Gasteiger partial charge on any atom is -0.383 e. The quantitative estimate of drug-likeness (QED) is 0.887. The van der Waals surface area contributed by atoms with E-state index in [4.69, 9.17) is 16.2 Å². The van der Waals surface area contributed by atoms with Crippen LogP contribution in [0, 0.1) is 12.8 Å². The van der Waals surface area contributed by atoms with Crippen molar-refractivity contribution in [3.8, 4) is 0 Å². The third-order valence-electron chi connectivity index (χ3n) is 4.41. The summed E-state index contributed by atoms with van der Waals surface area (Å²) >= 11 is 0. The number of hydrogen-bond donors (Lipinski definition) is 2. The van der Waals surface area contributed by atoms with Gasteiger partial charge in [0.15, 0.2) is 0 Å². The van der Waals surface area contributed by atoms with Gasteiger partial charge in [-0.25, -0.2) is 4.98 Å². The average Bonchev–Trinajstić information content (AvgIpc) is 2.41. The minimum atomic E-state index is -0.296. The van der Waals surface area contributed by atoms with Crippen molar-refractivity contribution >= 4 is 5.82 Å². The van der Waals surface area contributed by atoms with E-state index >= 15 is 0 Å². The number of rotatable bonds is 4. The Labute approximate surface area is 121 Å². The summed E-state index contributed by atoms with van der Waals surface area (Å²) < 4.78 is 6.14. The molecule has 112 valence electrons. The maximum atomic E-state index is 6.58. The number of aromatic nitrogens is 1. The van der Waals surface area contributed by atoms with Gasteiger partial charge in [-0.15, -0.1) is 0 Å². The van der Waals surface area contributed by atoms with E-state index in [1.165, 1.54) is 6.42 Å². The summed E-state index contributed by atoms with van der Waals surface area (Å²) in [7, 11) is 0. The molecule has 1 aliphatic rings. The zero-order chi connectivity index (χ0) is 14.8. The van der Waals surface area contributed by atoms with Crippen LogP contribution in [-0.2, 0) is 4.74 Å².